The van der Waals surface area contributed by atoms with Gasteiger partial charge in [-0.05, 0) is 32.0 Å². The van der Waals surface area contributed by atoms with Crippen molar-refractivity contribution in [2.24, 2.45) is 0 Å². The van der Waals surface area contributed by atoms with Crippen LogP contribution in [0.2, 0.25) is 0 Å². The Labute approximate surface area is 125 Å². The molecule has 0 spiro atoms. The van der Waals surface area contributed by atoms with Gasteiger partial charge >= 0.3 is 0 Å². The Morgan fingerprint density at radius 1 is 1.52 bits per heavy atom. The zero-order chi connectivity index (χ0) is 15.4. The van der Waals surface area contributed by atoms with E-state index in [0.29, 0.717) is 5.56 Å². The largest absolute Gasteiger partial charge is 0.369 e. The lowest BCUT2D eigenvalue weighted by atomic mass is 10.0. The van der Waals surface area contributed by atoms with Crippen molar-refractivity contribution in [2.75, 3.05) is 24.5 Å². The van der Waals surface area contributed by atoms with Crippen LogP contribution < -0.4 is 15.5 Å². The highest BCUT2D eigenvalue weighted by molar-refractivity contribution is 5.73. The summed E-state index contributed by atoms with van der Waals surface area (Å²) < 4.78 is 14.2. The summed E-state index contributed by atoms with van der Waals surface area (Å²) in [5.41, 5.74) is 1.64. The third-order valence-corrected chi connectivity index (χ3v) is 3.91. The Hall–Kier alpha value is -1.62. The highest BCUT2D eigenvalue weighted by atomic mass is 19.1. The molecule has 0 bridgehead atoms. The molecule has 2 atom stereocenters. The number of benzene rings is 1. The molecule has 1 heterocycles. The van der Waals surface area contributed by atoms with Crippen LogP contribution in [-0.2, 0) is 4.79 Å². The van der Waals surface area contributed by atoms with Crippen molar-refractivity contribution < 1.29 is 9.18 Å². The molecule has 2 unspecified atom stereocenters. The third-order valence-electron chi connectivity index (χ3n) is 3.91. The van der Waals surface area contributed by atoms with E-state index in [1.807, 2.05) is 19.9 Å². The fourth-order valence-electron chi connectivity index (χ4n) is 3.02. The number of hydrogen-bond donors (Lipinski definition) is 2. The minimum Gasteiger partial charge on any atom is -0.369 e. The molecule has 1 aromatic carbocycles. The lowest BCUT2D eigenvalue weighted by Crippen LogP contribution is -2.36. The number of hydrogen-bond acceptors (Lipinski definition) is 3. The number of nitrogens with zero attached hydrogens (tertiary/aromatic N) is 1. The Morgan fingerprint density at radius 3 is 2.95 bits per heavy atom. The average molecular weight is 293 g/mol. The second kappa shape index (κ2) is 6.89. The van der Waals surface area contributed by atoms with Gasteiger partial charge in [0.25, 0.3) is 0 Å². The van der Waals surface area contributed by atoms with Crippen molar-refractivity contribution in [2.45, 2.75) is 39.3 Å². The van der Waals surface area contributed by atoms with E-state index in [-0.39, 0.29) is 23.8 Å². The molecule has 1 fully saturated rings. The van der Waals surface area contributed by atoms with Crippen LogP contribution in [0.15, 0.2) is 18.2 Å². The maximum absolute atomic E-state index is 14.2. The minimum absolute atomic E-state index is 0.0117. The smallest absolute Gasteiger partial charge is 0.217 e. The molecule has 4 nitrogen and oxygen atoms in total. The van der Waals surface area contributed by atoms with Crippen molar-refractivity contribution in [3.63, 3.8) is 0 Å². The fourth-order valence-corrected chi connectivity index (χ4v) is 3.02. The highest BCUT2D eigenvalue weighted by Crippen LogP contribution is 2.31. The Morgan fingerprint density at radius 2 is 2.29 bits per heavy atom. The van der Waals surface area contributed by atoms with Gasteiger partial charge in [0.2, 0.25) is 5.91 Å². The lowest BCUT2D eigenvalue weighted by Gasteiger charge is -2.25. The molecule has 1 aliphatic rings. The summed E-state index contributed by atoms with van der Waals surface area (Å²) in [5.74, 6) is -0.189. The number of halogens is 1. The van der Waals surface area contributed by atoms with Crippen molar-refractivity contribution in [1.29, 1.82) is 0 Å². The maximum Gasteiger partial charge on any atom is 0.217 e. The predicted octanol–water partition coefficient (Wildman–Crippen LogP) is 2.21. The van der Waals surface area contributed by atoms with E-state index in [1.165, 1.54) is 13.0 Å². The summed E-state index contributed by atoms with van der Waals surface area (Å²) in [6.45, 7) is 7.88. The zero-order valence-electron chi connectivity index (χ0n) is 12.9. The van der Waals surface area contributed by atoms with Crippen LogP contribution in [0, 0.1) is 5.82 Å². The van der Waals surface area contributed by atoms with Crippen LogP contribution in [0.25, 0.3) is 0 Å². The second-order valence-electron chi connectivity index (χ2n) is 5.58. The SMILES string of the molecule is CCNC(C)c1c(F)cccc1N1CCC(NC(C)=O)C1. The molecule has 0 aliphatic carbocycles. The summed E-state index contributed by atoms with van der Waals surface area (Å²) in [7, 11) is 0. The molecule has 5 heteroatoms. The van der Waals surface area contributed by atoms with Crippen LogP contribution in [-0.4, -0.2) is 31.6 Å². The summed E-state index contributed by atoms with van der Waals surface area (Å²) >= 11 is 0. The third kappa shape index (κ3) is 3.73. The predicted molar refractivity (Wildman–Crippen MR) is 82.9 cm³/mol. The van der Waals surface area contributed by atoms with Gasteiger partial charge in [-0.25, -0.2) is 4.39 Å². The summed E-state index contributed by atoms with van der Waals surface area (Å²) in [5, 5.41) is 6.21. The first-order chi connectivity index (χ1) is 10.0. The number of nitrogens with one attached hydrogen (secondary N) is 2. The first-order valence-corrected chi connectivity index (χ1v) is 7.56. The van der Waals surface area contributed by atoms with E-state index < -0.39 is 0 Å². The fraction of sp³-hybridized carbons (Fsp3) is 0.562. The number of rotatable bonds is 5. The Bertz CT molecular complexity index is 506. The number of carbonyl (C=O) groups excluding carboxylic acids is 1. The van der Waals surface area contributed by atoms with Crippen molar-refractivity contribution in [1.82, 2.24) is 10.6 Å². The van der Waals surface area contributed by atoms with Crippen LogP contribution in [0.4, 0.5) is 10.1 Å². The molecule has 1 amide bonds. The molecule has 2 rings (SSSR count). The lowest BCUT2D eigenvalue weighted by molar-refractivity contribution is -0.119. The molecular weight excluding hydrogens is 269 g/mol. The van der Waals surface area contributed by atoms with E-state index in [9.17, 15) is 9.18 Å². The van der Waals surface area contributed by atoms with Crippen LogP contribution in [0.5, 0.6) is 0 Å². The van der Waals surface area contributed by atoms with E-state index >= 15 is 0 Å². The topological polar surface area (TPSA) is 44.4 Å². The van der Waals surface area contributed by atoms with Crippen molar-refractivity contribution in [3.8, 4) is 0 Å². The van der Waals surface area contributed by atoms with Gasteiger partial charge in [0.15, 0.2) is 0 Å². The number of amides is 1. The molecule has 116 valence electrons. The summed E-state index contributed by atoms with van der Waals surface area (Å²) in [6.07, 6.45) is 0.894. The second-order valence-corrected chi connectivity index (χ2v) is 5.58. The molecule has 1 saturated heterocycles. The Kier molecular flexibility index (Phi) is 5.17. The number of carbonyl (C=O) groups is 1. The zero-order valence-corrected chi connectivity index (χ0v) is 12.9. The Balaban J connectivity index is 2.20. The summed E-state index contributed by atoms with van der Waals surface area (Å²) in [4.78, 5) is 13.3. The van der Waals surface area contributed by atoms with Crippen LogP contribution >= 0.6 is 0 Å². The molecule has 2 N–H and O–H groups in total. The van der Waals surface area contributed by atoms with Gasteiger partial charge in [0.05, 0.1) is 0 Å². The average Bonchev–Trinajstić information content (AvgIpc) is 2.86. The van der Waals surface area contributed by atoms with Crippen LogP contribution in [0.3, 0.4) is 0 Å². The van der Waals surface area contributed by atoms with Gasteiger partial charge in [-0.15, -0.1) is 0 Å². The number of anilines is 1. The van der Waals surface area contributed by atoms with Crippen LogP contribution in [0.1, 0.15) is 38.8 Å². The molecule has 0 radical (unpaired) electrons. The first-order valence-electron chi connectivity index (χ1n) is 7.56. The normalized spacial score (nSPS) is 19.6. The standard InChI is InChI=1S/C16H24FN3O/c1-4-18-11(2)16-14(17)6-5-7-15(16)20-9-8-13(10-20)19-12(3)21/h5-7,11,13,18H,4,8-10H2,1-3H3,(H,19,21). The van der Waals surface area contributed by atoms with Gasteiger partial charge in [-0.1, -0.05) is 13.0 Å². The van der Waals surface area contributed by atoms with E-state index in [2.05, 4.69) is 15.5 Å². The monoisotopic (exact) mass is 293 g/mol. The molecular formula is C16H24FN3O. The first kappa shape index (κ1) is 15.8. The molecule has 0 aromatic heterocycles. The van der Waals surface area contributed by atoms with Gasteiger partial charge in [0, 0.05) is 43.3 Å². The maximum atomic E-state index is 14.2. The van der Waals surface area contributed by atoms with E-state index in [1.54, 1.807) is 6.07 Å². The van der Waals surface area contributed by atoms with Gasteiger partial charge in [-0.3, -0.25) is 4.79 Å². The van der Waals surface area contributed by atoms with Crippen molar-refractivity contribution in [3.05, 3.63) is 29.6 Å². The van der Waals surface area contributed by atoms with Gasteiger partial charge < -0.3 is 15.5 Å². The molecule has 21 heavy (non-hydrogen) atoms. The summed E-state index contributed by atoms with van der Waals surface area (Å²) in [6, 6.07) is 5.33. The van der Waals surface area contributed by atoms with E-state index in [0.717, 1.165) is 31.7 Å². The molecule has 0 saturated carbocycles. The van der Waals surface area contributed by atoms with Gasteiger partial charge in [0.1, 0.15) is 5.82 Å². The minimum atomic E-state index is -0.177. The van der Waals surface area contributed by atoms with Crippen molar-refractivity contribution >= 4 is 11.6 Å². The van der Waals surface area contributed by atoms with Gasteiger partial charge in [-0.2, -0.15) is 0 Å². The molecule has 1 aliphatic heterocycles. The highest BCUT2D eigenvalue weighted by Gasteiger charge is 2.26. The van der Waals surface area contributed by atoms with E-state index in [4.69, 9.17) is 0 Å². The quantitative estimate of drug-likeness (QED) is 0.875. The molecule has 1 aromatic rings.